The lowest BCUT2D eigenvalue weighted by molar-refractivity contribution is 0.141. The molecule has 1 fully saturated rings. The van der Waals surface area contributed by atoms with Crippen molar-refractivity contribution >= 4 is 0 Å². The van der Waals surface area contributed by atoms with Gasteiger partial charge in [0.1, 0.15) is 5.82 Å². The number of hydrogen-bond acceptors (Lipinski definition) is 4. The number of pyridine rings is 1. The van der Waals surface area contributed by atoms with Crippen LogP contribution in [0.25, 0.3) is 0 Å². The molecular weight excluding hydrogens is 257 g/mol. The fraction of sp³-hybridized carbons (Fsp3) is 0.667. The largest absolute Gasteiger partial charge is 0.387 e. The van der Waals surface area contributed by atoms with E-state index in [0.717, 1.165) is 25.8 Å². The molecule has 2 rings (SSSR count). The third kappa shape index (κ3) is 4.81. The van der Waals surface area contributed by atoms with E-state index in [2.05, 4.69) is 21.8 Å². The summed E-state index contributed by atoms with van der Waals surface area (Å²) in [6, 6.07) is 2.88. The second kappa shape index (κ2) is 7.67. The molecule has 0 amide bonds. The number of rotatable bonds is 7. The predicted molar refractivity (Wildman–Crippen MR) is 76.9 cm³/mol. The first-order chi connectivity index (χ1) is 9.65. The lowest BCUT2D eigenvalue weighted by atomic mass is 10.1. The number of halogens is 1. The zero-order chi connectivity index (χ0) is 14.4. The van der Waals surface area contributed by atoms with E-state index < -0.39 is 6.10 Å². The summed E-state index contributed by atoms with van der Waals surface area (Å²) in [6.07, 6.45) is 3.78. The van der Waals surface area contributed by atoms with Gasteiger partial charge < -0.3 is 14.9 Å². The number of likely N-dealkylation sites (tertiary alicyclic amines) is 1. The van der Waals surface area contributed by atoms with Gasteiger partial charge in [0.2, 0.25) is 0 Å². The van der Waals surface area contributed by atoms with Crippen LogP contribution in [0.5, 0.6) is 0 Å². The third-order valence-corrected chi connectivity index (χ3v) is 3.87. The van der Waals surface area contributed by atoms with Gasteiger partial charge in [-0.05, 0) is 51.5 Å². The second-order valence-electron chi connectivity index (χ2n) is 5.56. The maximum absolute atomic E-state index is 12.8. The fourth-order valence-corrected chi connectivity index (χ4v) is 2.51. The first kappa shape index (κ1) is 15.4. The van der Waals surface area contributed by atoms with Crippen molar-refractivity contribution in [1.29, 1.82) is 0 Å². The molecule has 20 heavy (non-hydrogen) atoms. The monoisotopic (exact) mass is 281 g/mol. The molecule has 1 saturated heterocycles. The van der Waals surface area contributed by atoms with Gasteiger partial charge in [-0.15, -0.1) is 0 Å². The minimum Gasteiger partial charge on any atom is -0.387 e. The van der Waals surface area contributed by atoms with Crippen molar-refractivity contribution < 1.29 is 9.50 Å². The summed E-state index contributed by atoms with van der Waals surface area (Å²) < 4.78 is 12.8. The van der Waals surface area contributed by atoms with E-state index in [0.29, 0.717) is 12.1 Å². The van der Waals surface area contributed by atoms with Crippen molar-refractivity contribution in [2.24, 2.45) is 0 Å². The Bertz CT molecular complexity index is 393. The second-order valence-corrected chi connectivity index (χ2v) is 5.56. The van der Waals surface area contributed by atoms with E-state index in [1.807, 2.05) is 0 Å². The molecule has 1 unspecified atom stereocenters. The minimum absolute atomic E-state index is 0.372. The van der Waals surface area contributed by atoms with E-state index in [-0.39, 0.29) is 5.82 Å². The van der Waals surface area contributed by atoms with Crippen molar-refractivity contribution in [3.05, 3.63) is 29.8 Å². The lowest BCUT2D eigenvalue weighted by Gasteiger charge is -2.22. The molecule has 1 N–H and O–H groups in total. The van der Waals surface area contributed by atoms with E-state index in [1.54, 1.807) is 6.07 Å². The Morgan fingerprint density at radius 1 is 1.35 bits per heavy atom. The van der Waals surface area contributed by atoms with Crippen LogP contribution in [0.3, 0.4) is 0 Å². The van der Waals surface area contributed by atoms with Gasteiger partial charge in [-0.1, -0.05) is 0 Å². The van der Waals surface area contributed by atoms with Crippen LogP contribution in [-0.4, -0.2) is 59.7 Å². The molecule has 1 aromatic rings. The maximum atomic E-state index is 12.8. The van der Waals surface area contributed by atoms with Gasteiger partial charge in [-0.2, -0.15) is 0 Å². The fourth-order valence-electron chi connectivity index (χ4n) is 2.51. The number of aliphatic hydroxyl groups excluding tert-OH is 1. The van der Waals surface area contributed by atoms with Crippen molar-refractivity contribution in [3.8, 4) is 0 Å². The highest BCUT2D eigenvalue weighted by Gasteiger charge is 2.13. The average molecular weight is 281 g/mol. The molecule has 4 nitrogen and oxygen atoms in total. The molecule has 5 heteroatoms. The van der Waals surface area contributed by atoms with Crippen LogP contribution in [0.15, 0.2) is 18.3 Å². The first-order valence-corrected chi connectivity index (χ1v) is 7.35. The van der Waals surface area contributed by atoms with Crippen LogP contribution in [0.2, 0.25) is 0 Å². The highest BCUT2D eigenvalue weighted by atomic mass is 19.1. The van der Waals surface area contributed by atoms with Crippen LogP contribution in [0.1, 0.15) is 31.1 Å². The quantitative estimate of drug-likeness (QED) is 0.825. The van der Waals surface area contributed by atoms with Crippen molar-refractivity contribution in [1.82, 2.24) is 14.8 Å². The Morgan fingerprint density at radius 3 is 2.75 bits per heavy atom. The summed E-state index contributed by atoms with van der Waals surface area (Å²) in [6.45, 7) is 5.37. The molecule has 0 aromatic carbocycles. The molecule has 0 spiro atoms. The van der Waals surface area contributed by atoms with Crippen molar-refractivity contribution in [3.63, 3.8) is 0 Å². The summed E-state index contributed by atoms with van der Waals surface area (Å²) in [4.78, 5) is 8.62. The van der Waals surface area contributed by atoms with Gasteiger partial charge >= 0.3 is 0 Å². The molecule has 1 aliphatic heterocycles. The Morgan fingerprint density at radius 2 is 2.10 bits per heavy atom. The van der Waals surface area contributed by atoms with E-state index in [1.165, 1.54) is 32.0 Å². The molecule has 1 atom stereocenters. The normalized spacial score (nSPS) is 17.8. The number of aliphatic hydroxyl groups is 1. The van der Waals surface area contributed by atoms with Gasteiger partial charge in [-0.25, -0.2) is 4.39 Å². The molecule has 2 heterocycles. The highest BCUT2D eigenvalue weighted by molar-refractivity contribution is 5.07. The summed E-state index contributed by atoms with van der Waals surface area (Å²) in [5.41, 5.74) is 0.541. The molecule has 112 valence electrons. The van der Waals surface area contributed by atoms with Crippen LogP contribution in [-0.2, 0) is 0 Å². The van der Waals surface area contributed by atoms with E-state index >= 15 is 0 Å². The number of hydrogen-bond donors (Lipinski definition) is 1. The maximum Gasteiger partial charge on any atom is 0.141 e. The predicted octanol–water partition coefficient (Wildman–Crippen LogP) is 1.67. The van der Waals surface area contributed by atoms with Crippen LogP contribution in [0.4, 0.5) is 4.39 Å². The Hall–Kier alpha value is -1.04. The molecular formula is C15H24FN3O. The van der Waals surface area contributed by atoms with Crippen LogP contribution >= 0.6 is 0 Å². The highest BCUT2D eigenvalue weighted by Crippen LogP contribution is 2.14. The molecule has 1 aliphatic rings. The molecule has 0 radical (unpaired) electrons. The van der Waals surface area contributed by atoms with E-state index in [4.69, 9.17) is 0 Å². The van der Waals surface area contributed by atoms with Crippen LogP contribution < -0.4 is 0 Å². The summed E-state index contributed by atoms with van der Waals surface area (Å²) in [7, 11) is 2.07. The third-order valence-electron chi connectivity index (χ3n) is 3.87. The topological polar surface area (TPSA) is 39.6 Å². The minimum atomic E-state index is -0.621. The zero-order valence-corrected chi connectivity index (χ0v) is 12.1. The Kier molecular flexibility index (Phi) is 5.88. The van der Waals surface area contributed by atoms with E-state index in [9.17, 15) is 9.50 Å². The van der Waals surface area contributed by atoms with Gasteiger partial charge in [0.15, 0.2) is 0 Å². The SMILES string of the molecule is CN(CCC(O)c1ccc(F)cn1)CCN1CCCC1. The van der Waals surface area contributed by atoms with Gasteiger partial charge in [0.25, 0.3) is 0 Å². The molecule has 0 saturated carbocycles. The average Bonchev–Trinajstić information content (AvgIpc) is 2.96. The number of aromatic nitrogens is 1. The van der Waals surface area contributed by atoms with Gasteiger partial charge in [-0.3, -0.25) is 4.98 Å². The summed E-state index contributed by atoms with van der Waals surface area (Å²) >= 11 is 0. The molecule has 0 bridgehead atoms. The zero-order valence-electron chi connectivity index (χ0n) is 12.1. The van der Waals surface area contributed by atoms with Gasteiger partial charge in [0, 0.05) is 19.6 Å². The molecule has 0 aliphatic carbocycles. The number of nitrogens with zero attached hydrogens (tertiary/aromatic N) is 3. The lowest BCUT2D eigenvalue weighted by Crippen LogP contribution is -2.32. The van der Waals surface area contributed by atoms with Gasteiger partial charge in [0.05, 0.1) is 18.0 Å². The number of likely N-dealkylation sites (N-methyl/N-ethyl adjacent to an activating group) is 1. The summed E-state index contributed by atoms with van der Waals surface area (Å²) in [5, 5.41) is 10.0. The standard InChI is InChI=1S/C15H24FN3O/c1-18(10-11-19-7-2-3-8-19)9-6-15(20)14-5-4-13(16)12-17-14/h4-5,12,15,20H,2-3,6-11H2,1H3. The van der Waals surface area contributed by atoms with Crippen molar-refractivity contribution in [2.45, 2.75) is 25.4 Å². The smallest absolute Gasteiger partial charge is 0.141 e. The Balaban J connectivity index is 1.66. The van der Waals surface area contributed by atoms with Crippen LogP contribution in [0, 0.1) is 5.82 Å². The summed E-state index contributed by atoms with van der Waals surface area (Å²) in [5.74, 6) is -0.372. The Labute approximate surface area is 120 Å². The van der Waals surface area contributed by atoms with Crippen molar-refractivity contribution in [2.75, 3.05) is 39.8 Å². The first-order valence-electron chi connectivity index (χ1n) is 7.35. The molecule has 1 aromatic heterocycles.